The van der Waals surface area contributed by atoms with Crippen LogP contribution in [0.5, 0.6) is 0 Å². The molecule has 0 nitrogen and oxygen atoms in total. The third-order valence-corrected chi connectivity index (χ3v) is 4.40. The van der Waals surface area contributed by atoms with Gasteiger partial charge in [0.25, 0.3) is 0 Å². The third kappa shape index (κ3) is 3.32. The van der Waals surface area contributed by atoms with Crippen molar-refractivity contribution in [1.29, 1.82) is 0 Å². The van der Waals surface area contributed by atoms with Crippen molar-refractivity contribution in [3.63, 3.8) is 0 Å². The summed E-state index contributed by atoms with van der Waals surface area (Å²) in [5.41, 5.74) is 6.70. The van der Waals surface area contributed by atoms with Crippen molar-refractivity contribution in [1.82, 2.24) is 0 Å². The second-order valence-electron chi connectivity index (χ2n) is 5.17. The second kappa shape index (κ2) is 7.08. The highest BCUT2D eigenvalue weighted by Gasteiger charge is 2.09. The maximum absolute atomic E-state index is 3.71. The van der Waals surface area contributed by atoms with Crippen LogP contribution < -0.4 is 0 Å². The molecule has 0 bridgehead atoms. The Kier molecular flexibility index (Phi) is 5.42. The van der Waals surface area contributed by atoms with E-state index in [0.717, 1.165) is 19.3 Å². The topological polar surface area (TPSA) is 0 Å². The first-order valence-electron chi connectivity index (χ1n) is 7.51. The van der Waals surface area contributed by atoms with Gasteiger partial charge in [-0.05, 0) is 59.2 Å². The van der Waals surface area contributed by atoms with Gasteiger partial charge >= 0.3 is 0 Å². The summed E-state index contributed by atoms with van der Waals surface area (Å²) in [5.74, 6) is 0. The first-order chi connectivity index (χ1) is 9.69. The predicted molar refractivity (Wildman–Crippen MR) is 91.2 cm³/mol. The van der Waals surface area contributed by atoms with E-state index in [0.29, 0.717) is 0 Å². The summed E-state index contributed by atoms with van der Waals surface area (Å²) in [6.45, 7) is 6.62. The number of halogens is 1. The Labute approximate surface area is 131 Å². The zero-order chi connectivity index (χ0) is 14.5. The minimum Gasteiger partial charge on any atom is -0.0651 e. The SMILES string of the molecule is CCCc1ccc(Br)c(-c2cc(CC)c[c]c2CC)c1. The molecule has 0 heterocycles. The van der Waals surface area contributed by atoms with E-state index in [-0.39, 0.29) is 0 Å². The molecule has 0 unspecified atom stereocenters. The molecule has 2 aromatic carbocycles. The number of aryl methyl sites for hydroxylation is 3. The monoisotopic (exact) mass is 329 g/mol. The van der Waals surface area contributed by atoms with Crippen LogP contribution in [-0.2, 0) is 19.3 Å². The van der Waals surface area contributed by atoms with E-state index in [4.69, 9.17) is 0 Å². The molecule has 0 amide bonds. The van der Waals surface area contributed by atoms with Crippen molar-refractivity contribution in [2.75, 3.05) is 0 Å². The van der Waals surface area contributed by atoms with E-state index in [9.17, 15) is 0 Å². The molecule has 105 valence electrons. The van der Waals surface area contributed by atoms with E-state index in [1.54, 1.807) is 0 Å². The molecule has 1 radical (unpaired) electrons. The third-order valence-electron chi connectivity index (χ3n) is 3.71. The fourth-order valence-electron chi connectivity index (χ4n) is 2.53. The lowest BCUT2D eigenvalue weighted by Crippen LogP contribution is -1.93. The van der Waals surface area contributed by atoms with Crippen LogP contribution in [0.4, 0.5) is 0 Å². The molecule has 0 aliphatic carbocycles. The lowest BCUT2D eigenvalue weighted by atomic mass is 9.93. The molecule has 2 aromatic rings. The summed E-state index contributed by atoms with van der Waals surface area (Å²) in [4.78, 5) is 0. The number of benzene rings is 2. The average molecular weight is 330 g/mol. The largest absolute Gasteiger partial charge is 0.0651 e. The van der Waals surface area contributed by atoms with Crippen LogP contribution in [-0.4, -0.2) is 0 Å². The molecule has 0 N–H and O–H groups in total. The number of hydrogen-bond acceptors (Lipinski definition) is 0. The summed E-state index contributed by atoms with van der Waals surface area (Å²) >= 11 is 3.71. The van der Waals surface area contributed by atoms with Crippen molar-refractivity contribution in [2.24, 2.45) is 0 Å². The highest BCUT2D eigenvalue weighted by molar-refractivity contribution is 9.10. The van der Waals surface area contributed by atoms with Crippen LogP contribution in [0.2, 0.25) is 0 Å². The van der Waals surface area contributed by atoms with Gasteiger partial charge in [-0.25, -0.2) is 0 Å². The predicted octanol–water partition coefficient (Wildman–Crippen LogP) is 5.99. The van der Waals surface area contributed by atoms with E-state index in [1.165, 1.54) is 38.7 Å². The zero-order valence-electron chi connectivity index (χ0n) is 12.6. The maximum Gasteiger partial charge on any atom is 0.0254 e. The Bertz CT molecular complexity index is 584. The van der Waals surface area contributed by atoms with Crippen molar-refractivity contribution in [3.05, 3.63) is 57.6 Å². The fraction of sp³-hybridized carbons (Fsp3) is 0.368. The van der Waals surface area contributed by atoms with Gasteiger partial charge in [0.05, 0.1) is 0 Å². The second-order valence-corrected chi connectivity index (χ2v) is 6.03. The molecule has 20 heavy (non-hydrogen) atoms. The van der Waals surface area contributed by atoms with Gasteiger partial charge in [0.15, 0.2) is 0 Å². The first-order valence-corrected chi connectivity index (χ1v) is 8.31. The van der Waals surface area contributed by atoms with E-state index in [2.05, 4.69) is 73.1 Å². The van der Waals surface area contributed by atoms with E-state index < -0.39 is 0 Å². The van der Waals surface area contributed by atoms with Gasteiger partial charge in [-0.3, -0.25) is 0 Å². The molecule has 0 aliphatic rings. The Morgan fingerprint density at radius 2 is 1.70 bits per heavy atom. The highest BCUT2D eigenvalue weighted by atomic mass is 79.9. The number of hydrogen-bond donors (Lipinski definition) is 0. The van der Waals surface area contributed by atoms with Crippen LogP contribution in [0.15, 0.2) is 34.8 Å². The van der Waals surface area contributed by atoms with Gasteiger partial charge in [0.1, 0.15) is 0 Å². The molecule has 0 spiro atoms. The first kappa shape index (κ1) is 15.3. The molecular weight excluding hydrogens is 308 g/mol. The minimum absolute atomic E-state index is 1.02. The quantitative estimate of drug-likeness (QED) is 0.631. The Morgan fingerprint density at radius 1 is 0.950 bits per heavy atom. The molecule has 0 aliphatic heterocycles. The molecule has 0 fully saturated rings. The maximum atomic E-state index is 3.71. The van der Waals surface area contributed by atoms with Crippen LogP contribution in [0, 0.1) is 6.07 Å². The Hall–Kier alpha value is -1.08. The van der Waals surface area contributed by atoms with E-state index in [1.807, 2.05) is 0 Å². The molecule has 2 rings (SSSR count). The standard InChI is InChI=1S/C19H22Br/c1-4-7-15-9-11-19(20)18(13-15)17-12-14(5-2)8-10-16(17)6-3/h8-9,11-13H,4-7H2,1-3H3. The van der Waals surface area contributed by atoms with Crippen molar-refractivity contribution >= 4 is 15.9 Å². The van der Waals surface area contributed by atoms with Gasteiger partial charge in [-0.1, -0.05) is 67.4 Å². The molecule has 0 saturated carbocycles. The summed E-state index contributed by atoms with van der Waals surface area (Å²) in [6.07, 6.45) is 4.39. The zero-order valence-corrected chi connectivity index (χ0v) is 14.2. The van der Waals surface area contributed by atoms with Gasteiger partial charge < -0.3 is 0 Å². The summed E-state index contributed by atoms with van der Waals surface area (Å²) in [7, 11) is 0. The number of rotatable bonds is 5. The summed E-state index contributed by atoms with van der Waals surface area (Å²) < 4.78 is 1.17. The lowest BCUT2D eigenvalue weighted by molar-refractivity contribution is 0.922. The minimum atomic E-state index is 1.02. The smallest absolute Gasteiger partial charge is 0.0254 e. The Morgan fingerprint density at radius 3 is 2.35 bits per heavy atom. The molecule has 1 heteroatoms. The summed E-state index contributed by atoms with van der Waals surface area (Å²) in [5, 5.41) is 0. The van der Waals surface area contributed by atoms with Crippen molar-refractivity contribution in [2.45, 2.75) is 46.5 Å². The fourth-order valence-corrected chi connectivity index (χ4v) is 2.99. The molecule has 0 aromatic heterocycles. The van der Waals surface area contributed by atoms with Crippen LogP contribution >= 0.6 is 15.9 Å². The van der Waals surface area contributed by atoms with Gasteiger partial charge in [-0.15, -0.1) is 0 Å². The molecule has 0 atom stereocenters. The average Bonchev–Trinajstić information content (AvgIpc) is 2.49. The van der Waals surface area contributed by atoms with Gasteiger partial charge in [0.2, 0.25) is 0 Å². The van der Waals surface area contributed by atoms with Gasteiger partial charge in [-0.2, -0.15) is 0 Å². The van der Waals surface area contributed by atoms with E-state index >= 15 is 0 Å². The van der Waals surface area contributed by atoms with Gasteiger partial charge in [0, 0.05) is 4.47 Å². The summed E-state index contributed by atoms with van der Waals surface area (Å²) in [6, 6.07) is 14.6. The Balaban J connectivity index is 2.56. The normalized spacial score (nSPS) is 10.8. The van der Waals surface area contributed by atoms with Crippen molar-refractivity contribution < 1.29 is 0 Å². The van der Waals surface area contributed by atoms with Crippen molar-refractivity contribution in [3.8, 4) is 11.1 Å². The highest BCUT2D eigenvalue weighted by Crippen LogP contribution is 2.33. The lowest BCUT2D eigenvalue weighted by Gasteiger charge is -2.13. The van der Waals surface area contributed by atoms with Crippen LogP contribution in [0.25, 0.3) is 11.1 Å². The molecule has 0 saturated heterocycles. The molecular formula is C19H22Br. The van der Waals surface area contributed by atoms with Crippen LogP contribution in [0.3, 0.4) is 0 Å². The van der Waals surface area contributed by atoms with Crippen LogP contribution in [0.1, 0.15) is 43.9 Å².